The number of anilines is 1. The zero-order valence-electron chi connectivity index (χ0n) is 12.0. The number of nitrogens with zero attached hydrogens (tertiary/aromatic N) is 1. The van der Waals surface area contributed by atoms with Gasteiger partial charge in [0.2, 0.25) is 0 Å². The second kappa shape index (κ2) is 6.23. The van der Waals surface area contributed by atoms with Crippen LogP contribution < -0.4 is 5.32 Å². The van der Waals surface area contributed by atoms with Crippen LogP contribution in [0.25, 0.3) is 0 Å². The van der Waals surface area contributed by atoms with Crippen LogP contribution in [0, 0.1) is 18.3 Å². The Hall–Kier alpha value is -0.610. The molecule has 1 aromatic heterocycles. The smallest absolute Gasteiger partial charge is 0.126 e. The summed E-state index contributed by atoms with van der Waals surface area (Å²) in [7, 11) is 0. The van der Waals surface area contributed by atoms with Gasteiger partial charge in [-0.05, 0) is 59.2 Å². The Balaban J connectivity index is 1.94. The molecule has 106 valence electrons. The van der Waals surface area contributed by atoms with Crippen molar-refractivity contribution in [2.75, 3.05) is 25.1 Å². The fraction of sp³-hybridized carbons (Fsp3) is 0.667. The monoisotopic (exact) mass is 326 g/mol. The van der Waals surface area contributed by atoms with E-state index in [4.69, 9.17) is 4.74 Å². The summed E-state index contributed by atoms with van der Waals surface area (Å²) in [5.41, 5.74) is 1.29. The molecule has 1 N–H and O–H groups in total. The molecule has 1 aromatic rings. The maximum absolute atomic E-state index is 5.45. The molecular formula is C15H23BrN2O. The molecule has 1 aliphatic rings. The van der Waals surface area contributed by atoms with Crippen molar-refractivity contribution in [2.45, 2.75) is 33.6 Å². The van der Waals surface area contributed by atoms with E-state index >= 15 is 0 Å². The number of nitrogens with one attached hydrogen (secondary N) is 1. The van der Waals surface area contributed by atoms with Crippen LogP contribution in [-0.2, 0) is 4.74 Å². The van der Waals surface area contributed by atoms with E-state index < -0.39 is 0 Å². The maximum Gasteiger partial charge on any atom is 0.126 e. The van der Waals surface area contributed by atoms with Gasteiger partial charge in [-0.25, -0.2) is 4.98 Å². The second-order valence-electron chi connectivity index (χ2n) is 5.99. The summed E-state index contributed by atoms with van der Waals surface area (Å²) < 4.78 is 6.51. The lowest BCUT2D eigenvalue weighted by atomic mass is 9.74. The SMILES string of the molecule is Cc1nc(NCC(C)(C)C2CCOCC2)ccc1Br. The summed E-state index contributed by atoms with van der Waals surface area (Å²) in [6.45, 7) is 9.45. The summed E-state index contributed by atoms with van der Waals surface area (Å²) in [6, 6.07) is 4.07. The van der Waals surface area contributed by atoms with Gasteiger partial charge in [-0.2, -0.15) is 0 Å². The Morgan fingerprint density at radius 1 is 1.37 bits per heavy atom. The molecular weight excluding hydrogens is 304 g/mol. The van der Waals surface area contributed by atoms with Crippen molar-refractivity contribution in [2.24, 2.45) is 11.3 Å². The van der Waals surface area contributed by atoms with Crippen molar-refractivity contribution >= 4 is 21.7 Å². The molecule has 0 amide bonds. The highest BCUT2D eigenvalue weighted by Crippen LogP contribution is 2.34. The Bertz CT molecular complexity index is 428. The number of hydrogen-bond donors (Lipinski definition) is 1. The molecule has 4 heteroatoms. The Morgan fingerprint density at radius 3 is 2.68 bits per heavy atom. The number of hydrogen-bond acceptors (Lipinski definition) is 3. The van der Waals surface area contributed by atoms with Crippen LogP contribution in [0.4, 0.5) is 5.82 Å². The normalized spacial score (nSPS) is 17.5. The molecule has 0 atom stereocenters. The van der Waals surface area contributed by atoms with E-state index in [1.165, 1.54) is 12.8 Å². The molecule has 2 heterocycles. The first-order chi connectivity index (χ1) is 8.99. The van der Waals surface area contributed by atoms with E-state index in [9.17, 15) is 0 Å². The average molecular weight is 327 g/mol. The fourth-order valence-electron chi connectivity index (χ4n) is 2.58. The predicted molar refractivity (Wildman–Crippen MR) is 82.5 cm³/mol. The number of rotatable bonds is 4. The van der Waals surface area contributed by atoms with E-state index in [1.54, 1.807) is 0 Å². The van der Waals surface area contributed by atoms with Crippen LogP contribution in [-0.4, -0.2) is 24.7 Å². The summed E-state index contributed by atoms with van der Waals surface area (Å²) in [5, 5.41) is 3.48. The number of ether oxygens (including phenoxy) is 1. The topological polar surface area (TPSA) is 34.2 Å². The molecule has 0 unspecified atom stereocenters. The Morgan fingerprint density at radius 2 is 2.05 bits per heavy atom. The van der Waals surface area contributed by atoms with Gasteiger partial charge in [0.05, 0.1) is 5.69 Å². The van der Waals surface area contributed by atoms with Crippen molar-refractivity contribution in [3.8, 4) is 0 Å². The van der Waals surface area contributed by atoms with Crippen molar-refractivity contribution in [1.82, 2.24) is 4.98 Å². The van der Waals surface area contributed by atoms with Crippen molar-refractivity contribution in [3.05, 3.63) is 22.3 Å². The lowest BCUT2D eigenvalue weighted by Gasteiger charge is -2.37. The van der Waals surface area contributed by atoms with Crippen LogP contribution in [0.5, 0.6) is 0 Å². The molecule has 1 saturated heterocycles. The average Bonchev–Trinajstić information content (AvgIpc) is 2.41. The minimum absolute atomic E-state index is 0.270. The van der Waals surface area contributed by atoms with E-state index in [0.29, 0.717) is 0 Å². The number of halogens is 1. The molecule has 0 bridgehead atoms. The lowest BCUT2D eigenvalue weighted by Crippen LogP contribution is -2.35. The highest BCUT2D eigenvalue weighted by Gasteiger charge is 2.30. The highest BCUT2D eigenvalue weighted by atomic mass is 79.9. The van der Waals surface area contributed by atoms with Gasteiger partial charge in [-0.3, -0.25) is 0 Å². The molecule has 19 heavy (non-hydrogen) atoms. The third kappa shape index (κ3) is 3.93. The van der Waals surface area contributed by atoms with Crippen molar-refractivity contribution in [1.29, 1.82) is 0 Å². The summed E-state index contributed by atoms with van der Waals surface area (Å²) in [4.78, 5) is 4.54. The zero-order chi connectivity index (χ0) is 13.9. The van der Waals surface area contributed by atoms with Crippen LogP contribution >= 0.6 is 15.9 Å². The predicted octanol–water partition coefficient (Wildman–Crippen LogP) is 4.02. The quantitative estimate of drug-likeness (QED) is 0.907. The van der Waals surface area contributed by atoms with Gasteiger partial charge in [-0.15, -0.1) is 0 Å². The van der Waals surface area contributed by atoms with Gasteiger partial charge < -0.3 is 10.1 Å². The largest absolute Gasteiger partial charge is 0.381 e. The maximum atomic E-state index is 5.45. The molecule has 0 aliphatic carbocycles. The first-order valence-electron chi connectivity index (χ1n) is 6.94. The molecule has 3 nitrogen and oxygen atoms in total. The highest BCUT2D eigenvalue weighted by molar-refractivity contribution is 9.10. The van der Waals surface area contributed by atoms with E-state index in [-0.39, 0.29) is 5.41 Å². The third-order valence-electron chi connectivity index (χ3n) is 4.07. The van der Waals surface area contributed by atoms with Crippen LogP contribution in [0.3, 0.4) is 0 Å². The zero-order valence-corrected chi connectivity index (χ0v) is 13.6. The fourth-order valence-corrected chi connectivity index (χ4v) is 2.81. The number of aromatic nitrogens is 1. The third-order valence-corrected chi connectivity index (χ3v) is 4.91. The number of pyridine rings is 1. The molecule has 0 saturated carbocycles. The molecule has 0 spiro atoms. The molecule has 1 fully saturated rings. The van der Waals surface area contributed by atoms with Gasteiger partial charge in [0.25, 0.3) is 0 Å². The summed E-state index contributed by atoms with van der Waals surface area (Å²) >= 11 is 3.48. The first-order valence-corrected chi connectivity index (χ1v) is 7.73. The van der Waals surface area contributed by atoms with E-state index in [2.05, 4.69) is 40.1 Å². The van der Waals surface area contributed by atoms with E-state index in [0.717, 1.165) is 41.7 Å². The van der Waals surface area contributed by atoms with Gasteiger partial charge in [0.15, 0.2) is 0 Å². The van der Waals surface area contributed by atoms with Gasteiger partial charge in [0.1, 0.15) is 5.82 Å². The lowest BCUT2D eigenvalue weighted by molar-refractivity contribution is 0.0268. The van der Waals surface area contributed by atoms with Crippen LogP contribution in [0.15, 0.2) is 16.6 Å². The molecule has 0 radical (unpaired) electrons. The Labute approximate surface area is 124 Å². The second-order valence-corrected chi connectivity index (χ2v) is 6.85. The first kappa shape index (κ1) is 14.8. The minimum Gasteiger partial charge on any atom is -0.381 e. The van der Waals surface area contributed by atoms with Crippen LogP contribution in [0.2, 0.25) is 0 Å². The van der Waals surface area contributed by atoms with Gasteiger partial charge in [0, 0.05) is 24.2 Å². The molecule has 0 aromatic carbocycles. The van der Waals surface area contributed by atoms with Gasteiger partial charge >= 0.3 is 0 Å². The van der Waals surface area contributed by atoms with Crippen LogP contribution in [0.1, 0.15) is 32.4 Å². The minimum atomic E-state index is 0.270. The van der Waals surface area contributed by atoms with Crippen molar-refractivity contribution in [3.63, 3.8) is 0 Å². The molecule has 1 aliphatic heterocycles. The van der Waals surface area contributed by atoms with Gasteiger partial charge in [-0.1, -0.05) is 13.8 Å². The van der Waals surface area contributed by atoms with Crippen molar-refractivity contribution < 1.29 is 4.74 Å². The number of aryl methyl sites for hydroxylation is 1. The standard InChI is InChI=1S/C15H23BrN2O/c1-11-13(16)4-5-14(18-11)17-10-15(2,3)12-6-8-19-9-7-12/h4-5,12H,6-10H2,1-3H3,(H,17,18). The summed E-state index contributed by atoms with van der Waals surface area (Å²) in [5.74, 6) is 1.69. The Kier molecular flexibility index (Phi) is 4.85. The van der Waals surface area contributed by atoms with E-state index in [1.807, 2.05) is 19.1 Å². The summed E-state index contributed by atoms with van der Waals surface area (Å²) in [6.07, 6.45) is 2.34. The molecule has 2 rings (SSSR count).